The Morgan fingerprint density at radius 3 is 2.47 bits per heavy atom. The van der Waals surface area contributed by atoms with Crippen LogP contribution >= 0.6 is 0 Å². The molecule has 0 bridgehead atoms. The fraction of sp³-hybridized carbons (Fsp3) is 0.360. The topological polar surface area (TPSA) is 80.5 Å². The maximum Gasteiger partial charge on any atom is 0.413 e. The zero-order valence-electron chi connectivity index (χ0n) is 19.2. The molecule has 4 rings (SSSR count). The molecule has 0 saturated carbocycles. The number of ether oxygens (including phenoxy) is 1. The van der Waals surface area contributed by atoms with Crippen molar-refractivity contribution >= 4 is 5.71 Å². The summed E-state index contributed by atoms with van der Waals surface area (Å²) in [7, 11) is 1.47. The average molecular weight is 470 g/mol. The molecule has 1 N–H and O–H groups in total. The van der Waals surface area contributed by atoms with Crippen LogP contribution in [-0.2, 0) is 5.60 Å². The molecule has 1 atom stereocenters. The molecule has 1 aliphatic carbocycles. The van der Waals surface area contributed by atoms with E-state index in [0.717, 1.165) is 11.6 Å². The molecule has 1 unspecified atom stereocenters. The Morgan fingerprint density at radius 1 is 1.15 bits per heavy atom. The molecule has 0 amide bonds. The molecule has 178 valence electrons. The van der Waals surface area contributed by atoms with E-state index in [1.165, 1.54) is 7.11 Å². The number of aliphatic imine (C=N–C) groups is 1. The molecule has 2 aromatic heterocycles. The van der Waals surface area contributed by atoms with Crippen molar-refractivity contribution in [2.45, 2.75) is 51.3 Å². The summed E-state index contributed by atoms with van der Waals surface area (Å²) in [5, 5.41) is 11.0. The van der Waals surface area contributed by atoms with E-state index in [-0.39, 0.29) is 18.1 Å². The number of halogens is 3. The van der Waals surface area contributed by atoms with Gasteiger partial charge in [0.2, 0.25) is 0 Å². The van der Waals surface area contributed by atoms with E-state index in [1.807, 2.05) is 6.92 Å². The van der Waals surface area contributed by atoms with Crippen LogP contribution in [0.4, 0.5) is 13.2 Å². The van der Waals surface area contributed by atoms with E-state index < -0.39 is 17.4 Å². The number of aromatic nitrogens is 3. The molecule has 0 fully saturated rings. The lowest BCUT2D eigenvalue weighted by Gasteiger charge is -2.28. The van der Waals surface area contributed by atoms with Gasteiger partial charge in [0.05, 0.1) is 35.5 Å². The number of hydrogen-bond acceptors (Lipinski definition) is 6. The number of hydrogen-bond donors (Lipinski definition) is 1. The first-order chi connectivity index (χ1) is 16.0. The van der Waals surface area contributed by atoms with E-state index in [1.54, 1.807) is 31.5 Å². The lowest BCUT2D eigenvalue weighted by atomic mass is 9.84. The first kappa shape index (κ1) is 23.8. The Hall–Kier alpha value is -3.33. The summed E-state index contributed by atoms with van der Waals surface area (Å²) in [4.78, 5) is 17.6. The van der Waals surface area contributed by atoms with Crippen LogP contribution in [0.5, 0.6) is 6.01 Å². The summed E-state index contributed by atoms with van der Waals surface area (Å²) in [5.41, 5.74) is 2.28. The van der Waals surface area contributed by atoms with Crippen LogP contribution in [0.15, 0.2) is 64.6 Å². The highest BCUT2D eigenvalue weighted by atomic mass is 19.4. The average Bonchev–Trinajstić information content (AvgIpc) is 2.82. The van der Waals surface area contributed by atoms with Gasteiger partial charge in [-0.2, -0.15) is 13.2 Å². The monoisotopic (exact) mass is 470 g/mol. The van der Waals surface area contributed by atoms with Crippen LogP contribution in [0.25, 0.3) is 11.3 Å². The van der Waals surface area contributed by atoms with Gasteiger partial charge in [-0.25, -0.2) is 15.0 Å². The van der Waals surface area contributed by atoms with Gasteiger partial charge < -0.3 is 9.84 Å². The van der Waals surface area contributed by atoms with E-state index in [2.05, 4.69) is 21.5 Å². The van der Waals surface area contributed by atoms with Crippen LogP contribution in [0.2, 0.25) is 0 Å². The number of pyridine rings is 1. The zero-order valence-corrected chi connectivity index (χ0v) is 19.2. The van der Waals surface area contributed by atoms with Crippen LogP contribution in [0.1, 0.15) is 50.8 Å². The highest BCUT2D eigenvalue weighted by Crippen LogP contribution is 2.41. The molecular formula is C25H25F3N4O2. The number of nitrogens with zero attached hydrogens (tertiary/aromatic N) is 4. The Bertz CT molecular complexity index is 1230. The standard InChI is InChI=1S/C25H25F3N4O2/c1-5-24(3,33)18-7-9-19(15-12-29-23(34-4)30-13-15)32-22(18)20-8-6-17-14(2)10-16(25(26,27)28)11-21(17)31-20/h7,9,11-13,33H,2,5-6,8,10H2,1,3-4H3. The molecule has 0 saturated heterocycles. The Labute approximate surface area is 195 Å². The van der Waals surface area contributed by atoms with Crippen molar-refractivity contribution in [2.24, 2.45) is 4.99 Å². The Kier molecular flexibility index (Phi) is 6.16. The number of rotatable bonds is 5. The van der Waals surface area contributed by atoms with Gasteiger partial charge in [0.25, 0.3) is 0 Å². The second kappa shape index (κ2) is 8.79. The third-order valence-corrected chi connectivity index (χ3v) is 6.23. The van der Waals surface area contributed by atoms with Crippen molar-refractivity contribution in [1.82, 2.24) is 15.0 Å². The third-order valence-electron chi connectivity index (χ3n) is 6.23. The van der Waals surface area contributed by atoms with Gasteiger partial charge in [0, 0.05) is 35.5 Å². The summed E-state index contributed by atoms with van der Waals surface area (Å²) >= 11 is 0. The van der Waals surface area contributed by atoms with E-state index in [0.29, 0.717) is 53.1 Å². The predicted molar refractivity (Wildman–Crippen MR) is 122 cm³/mol. The van der Waals surface area contributed by atoms with Crippen LogP contribution in [-0.4, -0.2) is 39.1 Å². The summed E-state index contributed by atoms with van der Waals surface area (Å²) < 4.78 is 45.2. The number of aliphatic hydroxyl groups is 1. The van der Waals surface area contributed by atoms with Gasteiger partial charge in [-0.3, -0.25) is 4.99 Å². The lowest BCUT2D eigenvalue weighted by molar-refractivity contribution is -0.0933. The molecule has 0 aromatic carbocycles. The van der Waals surface area contributed by atoms with Gasteiger partial charge in [0.15, 0.2) is 0 Å². The minimum absolute atomic E-state index is 0.218. The zero-order chi connectivity index (χ0) is 24.7. The first-order valence-electron chi connectivity index (χ1n) is 10.9. The van der Waals surface area contributed by atoms with Crippen molar-refractivity contribution in [1.29, 1.82) is 0 Å². The summed E-state index contributed by atoms with van der Waals surface area (Å²) in [6.45, 7) is 7.38. The second-order valence-electron chi connectivity index (χ2n) is 8.55. The van der Waals surface area contributed by atoms with Gasteiger partial charge in [-0.05, 0) is 49.5 Å². The van der Waals surface area contributed by atoms with Crippen LogP contribution < -0.4 is 4.74 Å². The van der Waals surface area contributed by atoms with Gasteiger partial charge >= 0.3 is 12.2 Å². The van der Waals surface area contributed by atoms with Crippen molar-refractivity contribution in [3.8, 4) is 17.3 Å². The molecule has 1 aliphatic heterocycles. The third kappa shape index (κ3) is 4.52. The normalized spacial score (nSPS) is 18.1. The summed E-state index contributed by atoms with van der Waals surface area (Å²) in [6, 6.07) is 3.75. The predicted octanol–water partition coefficient (Wildman–Crippen LogP) is 5.45. The SMILES string of the molecule is C=C1CC(C(F)(F)F)=CC2=C1CCC(c1nc(-c3cnc(OC)nc3)ccc1C(C)(O)CC)=N2. The first-order valence-corrected chi connectivity index (χ1v) is 10.9. The van der Waals surface area contributed by atoms with Crippen molar-refractivity contribution < 1.29 is 23.0 Å². The maximum absolute atomic E-state index is 13.4. The van der Waals surface area contributed by atoms with Gasteiger partial charge in [-0.15, -0.1) is 0 Å². The van der Waals surface area contributed by atoms with E-state index in [9.17, 15) is 18.3 Å². The fourth-order valence-corrected chi connectivity index (χ4v) is 4.04. The maximum atomic E-state index is 13.4. The smallest absolute Gasteiger partial charge is 0.413 e. The largest absolute Gasteiger partial charge is 0.467 e. The summed E-state index contributed by atoms with van der Waals surface area (Å²) in [6.07, 6.45) is 0.956. The number of allylic oxidation sites excluding steroid dienone is 4. The number of alkyl halides is 3. The summed E-state index contributed by atoms with van der Waals surface area (Å²) in [5.74, 6) is 0. The molecule has 0 spiro atoms. The van der Waals surface area contributed by atoms with Crippen LogP contribution in [0, 0.1) is 0 Å². The minimum Gasteiger partial charge on any atom is -0.467 e. The molecular weight excluding hydrogens is 445 g/mol. The van der Waals surface area contributed by atoms with E-state index >= 15 is 0 Å². The lowest BCUT2D eigenvalue weighted by Crippen LogP contribution is -2.26. The molecule has 34 heavy (non-hydrogen) atoms. The minimum atomic E-state index is -4.45. The molecule has 3 heterocycles. The number of methoxy groups -OCH3 is 1. The van der Waals surface area contributed by atoms with Crippen molar-refractivity contribution in [3.05, 3.63) is 70.9 Å². The van der Waals surface area contributed by atoms with E-state index in [4.69, 9.17) is 9.72 Å². The second-order valence-corrected chi connectivity index (χ2v) is 8.55. The molecule has 0 radical (unpaired) electrons. The van der Waals surface area contributed by atoms with Gasteiger partial charge in [-0.1, -0.05) is 19.6 Å². The van der Waals surface area contributed by atoms with Gasteiger partial charge in [0.1, 0.15) is 0 Å². The highest BCUT2D eigenvalue weighted by Gasteiger charge is 2.37. The highest BCUT2D eigenvalue weighted by molar-refractivity contribution is 6.02. The Balaban J connectivity index is 1.85. The molecule has 6 nitrogen and oxygen atoms in total. The Morgan fingerprint density at radius 2 is 1.85 bits per heavy atom. The molecule has 2 aliphatic rings. The van der Waals surface area contributed by atoms with Crippen LogP contribution in [0.3, 0.4) is 0 Å². The fourth-order valence-electron chi connectivity index (χ4n) is 4.04. The molecule has 9 heteroatoms. The molecule has 2 aromatic rings. The van der Waals surface area contributed by atoms with Crippen molar-refractivity contribution in [3.63, 3.8) is 0 Å². The quantitative estimate of drug-likeness (QED) is 0.629. The van der Waals surface area contributed by atoms with Crippen molar-refractivity contribution in [2.75, 3.05) is 7.11 Å².